The van der Waals surface area contributed by atoms with Crippen LogP contribution < -0.4 is 0 Å². The number of piperidine rings is 1. The number of rotatable bonds is 3. The van der Waals surface area contributed by atoms with Crippen LogP contribution in [0.5, 0.6) is 0 Å². The molecule has 17 heavy (non-hydrogen) atoms. The third-order valence-corrected chi connectivity index (χ3v) is 4.82. The quantitative estimate of drug-likeness (QED) is 0.800. The number of halogens is 1. The molecule has 0 radical (unpaired) electrons. The van der Waals surface area contributed by atoms with Crippen molar-refractivity contribution in [2.24, 2.45) is 5.92 Å². The normalized spacial score (nSPS) is 26.6. The molecule has 1 aliphatic rings. The minimum absolute atomic E-state index is 0.455. The standard InChI is InChI=1S/C13H22BrN3/c1-10(2)17-7-4-12(15-17)9-16-6-5-13(14)11(3)8-16/h4,7,10-11,13H,5-6,8-9H2,1-3H3. The summed E-state index contributed by atoms with van der Waals surface area (Å²) < 4.78 is 2.04. The Kier molecular flexibility index (Phi) is 4.26. The average molecular weight is 300 g/mol. The van der Waals surface area contributed by atoms with Gasteiger partial charge in [-0.3, -0.25) is 9.58 Å². The highest BCUT2D eigenvalue weighted by molar-refractivity contribution is 9.09. The molecule has 0 aromatic carbocycles. The summed E-state index contributed by atoms with van der Waals surface area (Å²) in [7, 11) is 0. The molecule has 1 aromatic heterocycles. The van der Waals surface area contributed by atoms with Gasteiger partial charge in [-0.15, -0.1) is 0 Å². The van der Waals surface area contributed by atoms with Gasteiger partial charge in [-0.05, 0) is 38.8 Å². The fourth-order valence-corrected chi connectivity index (χ4v) is 2.70. The number of hydrogen-bond acceptors (Lipinski definition) is 2. The Hall–Kier alpha value is -0.350. The molecule has 2 atom stereocenters. The first kappa shape index (κ1) is 13.1. The second-order valence-electron chi connectivity index (χ2n) is 5.40. The summed E-state index contributed by atoms with van der Waals surface area (Å²) in [5.74, 6) is 0.732. The monoisotopic (exact) mass is 299 g/mol. The van der Waals surface area contributed by atoms with Crippen molar-refractivity contribution in [1.82, 2.24) is 14.7 Å². The van der Waals surface area contributed by atoms with Crippen LogP contribution in [0, 0.1) is 5.92 Å². The maximum absolute atomic E-state index is 4.61. The molecular formula is C13H22BrN3. The topological polar surface area (TPSA) is 21.1 Å². The van der Waals surface area contributed by atoms with Gasteiger partial charge in [0.05, 0.1) is 5.69 Å². The van der Waals surface area contributed by atoms with E-state index in [1.54, 1.807) is 0 Å². The summed E-state index contributed by atoms with van der Waals surface area (Å²) in [6.07, 6.45) is 3.33. The van der Waals surface area contributed by atoms with Gasteiger partial charge in [0.1, 0.15) is 0 Å². The fourth-order valence-electron chi connectivity index (χ4n) is 2.33. The highest BCUT2D eigenvalue weighted by atomic mass is 79.9. The molecule has 3 nitrogen and oxygen atoms in total. The van der Waals surface area contributed by atoms with Gasteiger partial charge in [-0.2, -0.15) is 5.10 Å². The van der Waals surface area contributed by atoms with Gasteiger partial charge in [-0.25, -0.2) is 0 Å². The molecule has 0 amide bonds. The van der Waals surface area contributed by atoms with Crippen LogP contribution in [-0.4, -0.2) is 32.6 Å². The molecule has 4 heteroatoms. The van der Waals surface area contributed by atoms with Gasteiger partial charge in [0.25, 0.3) is 0 Å². The van der Waals surface area contributed by atoms with Gasteiger partial charge in [-0.1, -0.05) is 22.9 Å². The average Bonchev–Trinajstić information content (AvgIpc) is 2.72. The smallest absolute Gasteiger partial charge is 0.0764 e. The van der Waals surface area contributed by atoms with Gasteiger partial charge in [0.15, 0.2) is 0 Å². The molecule has 1 saturated heterocycles. The van der Waals surface area contributed by atoms with Crippen molar-refractivity contribution in [3.63, 3.8) is 0 Å². The summed E-state index contributed by atoms with van der Waals surface area (Å²) in [4.78, 5) is 3.20. The van der Waals surface area contributed by atoms with Crippen LogP contribution in [0.3, 0.4) is 0 Å². The highest BCUT2D eigenvalue weighted by Gasteiger charge is 2.24. The molecule has 2 heterocycles. The molecule has 96 valence electrons. The molecular weight excluding hydrogens is 278 g/mol. The Labute approximate surface area is 112 Å². The number of hydrogen-bond donors (Lipinski definition) is 0. The van der Waals surface area contributed by atoms with E-state index in [4.69, 9.17) is 0 Å². The van der Waals surface area contributed by atoms with E-state index in [1.165, 1.54) is 25.2 Å². The lowest BCUT2D eigenvalue weighted by atomic mass is 10.00. The van der Waals surface area contributed by atoms with Crippen molar-refractivity contribution in [2.75, 3.05) is 13.1 Å². The molecule has 0 N–H and O–H groups in total. The third kappa shape index (κ3) is 3.32. The minimum atomic E-state index is 0.455. The van der Waals surface area contributed by atoms with Crippen molar-refractivity contribution in [1.29, 1.82) is 0 Å². The van der Waals surface area contributed by atoms with E-state index in [1.807, 2.05) is 4.68 Å². The van der Waals surface area contributed by atoms with Gasteiger partial charge >= 0.3 is 0 Å². The summed E-state index contributed by atoms with van der Waals surface area (Å²) in [5.41, 5.74) is 1.19. The van der Waals surface area contributed by atoms with Crippen LogP contribution in [-0.2, 0) is 6.54 Å². The Morgan fingerprint density at radius 3 is 2.88 bits per heavy atom. The zero-order valence-electron chi connectivity index (χ0n) is 10.9. The first-order valence-corrected chi connectivity index (χ1v) is 7.38. The molecule has 2 unspecified atom stereocenters. The van der Waals surface area contributed by atoms with Crippen LogP contribution in [0.2, 0.25) is 0 Å². The summed E-state index contributed by atoms with van der Waals surface area (Å²) in [6.45, 7) is 9.98. The molecule has 0 spiro atoms. The molecule has 1 aromatic rings. The van der Waals surface area contributed by atoms with Gasteiger partial charge < -0.3 is 0 Å². The lowest BCUT2D eigenvalue weighted by Gasteiger charge is -2.33. The van der Waals surface area contributed by atoms with Crippen LogP contribution in [0.1, 0.15) is 38.9 Å². The van der Waals surface area contributed by atoms with Gasteiger partial charge in [0.2, 0.25) is 0 Å². The zero-order chi connectivity index (χ0) is 12.4. The van der Waals surface area contributed by atoms with Crippen molar-refractivity contribution in [3.05, 3.63) is 18.0 Å². The van der Waals surface area contributed by atoms with Crippen LogP contribution in [0.25, 0.3) is 0 Å². The van der Waals surface area contributed by atoms with Crippen LogP contribution >= 0.6 is 15.9 Å². The molecule has 0 bridgehead atoms. The molecule has 0 aliphatic carbocycles. The van der Waals surface area contributed by atoms with E-state index in [0.717, 1.165) is 12.5 Å². The molecule has 0 saturated carbocycles. The lowest BCUT2D eigenvalue weighted by molar-refractivity contribution is 0.181. The molecule has 2 rings (SSSR count). The maximum Gasteiger partial charge on any atom is 0.0764 e. The SMILES string of the molecule is CC1CN(Cc2ccn(C(C)C)n2)CCC1Br. The molecule has 1 aliphatic heterocycles. The maximum atomic E-state index is 4.61. The van der Waals surface area contributed by atoms with E-state index >= 15 is 0 Å². The Morgan fingerprint density at radius 1 is 1.53 bits per heavy atom. The van der Waals surface area contributed by atoms with Crippen LogP contribution in [0.15, 0.2) is 12.3 Å². The predicted molar refractivity (Wildman–Crippen MR) is 74.4 cm³/mol. The number of aromatic nitrogens is 2. The van der Waals surface area contributed by atoms with E-state index in [-0.39, 0.29) is 0 Å². The minimum Gasteiger partial charge on any atom is -0.297 e. The summed E-state index contributed by atoms with van der Waals surface area (Å²) in [6, 6.07) is 2.60. The first-order valence-electron chi connectivity index (χ1n) is 6.46. The third-order valence-electron chi connectivity index (χ3n) is 3.46. The van der Waals surface area contributed by atoms with Crippen molar-refractivity contribution < 1.29 is 0 Å². The van der Waals surface area contributed by atoms with Crippen molar-refractivity contribution >= 4 is 15.9 Å². The van der Waals surface area contributed by atoms with Crippen molar-refractivity contribution in [3.8, 4) is 0 Å². The van der Waals surface area contributed by atoms with E-state index in [0.29, 0.717) is 10.9 Å². The Balaban J connectivity index is 1.92. The second-order valence-corrected chi connectivity index (χ2v) is 6.57. The van der Waals surface area contributed by atoms with E-state index < -0.39 is 0 Å². The van der Waals surface area contributed by atoms with Crippen LogP contribution in [0.4, 0.5) is 0 Å². The first-order chi connectivity index (χ1) is 8.06. The second kappa shape index (κ2) is 5.53. The predicted octanol–water partition coefficient (Wildman–Crippen LogP) is 3.07. The van der Waals surface area contributed by atoms with E-state index in [9.17, 15) is 0 Å². The number of alkyl halides is 1. The van der Waals surface area contributed by atoms with Gasteiger partial charge in [0, 0.05) is 30.2 Å². The fraction of sp³-hybridized carbons (Fsp3) is 0.769. The highest BCUT2D eigenvalue weighted by Crippen LogP contribution is 2.24. The molecule has 1 fully saturated rings. The summed E-state index contributed by atoms with van der Waals surface area (Å²) in [5, 5.41) is 4.61. The zero-order valence-corrected chi connectivity index (χ0v) is 12.5. The largest absolute Gasteiger partial charge is 0.297 e. The lowest BCUT2D eigenvalue weighted by Crippen LogP contribution is -2.39. The van der Waals surface area contributed by atoms with Crippen molar-refractivity contribution in [2.45, 2.75) is 44.6 Å². The Morgan fingerprint density at radius 2 is 2.29 bits per heavy atom. The summed E-state index contributed by atoms with van der Waals surface area (Å²) >= 11 is 3.74. The van der Waals surface area contributed by atoms with E-state index in [2.05, 4.69) is 59.0 Å². The Bertz CT molecular complexity index is 361. The number of likely N-dealkylation sites (tertiary alicyclic amines) is 1. The number of nitrogens with zero attached hydrogens (tertiary/aromatic N) is 3.